The fourth-order valence-electron chi connectivity index (χ4n) is 3.19. The average molecular weight is 284 g/mol. The number of ether oxygens (including phenoxy) is 1. The molecule has 20 heavy (non-hydrogen) atoms. The van der Waals surface area contributed by atoms with Gasteiger partial charge < -0.3 is 19.6 Å². The first-order valence-electron chi connectivity index (χ1n) is 7.87. The molecule has 1 N–H and O–H groups in total. The number of hydrogen-bond acceptors (Lipinski definition) is 4. The van der Waals surface area contributed by atoms with E-state index in [0.29, 0.717) is 38.2 Å². The Hall–Kier alpha value is -0.650. The lowest BCUT2D eigenvalue weighted by atomic mass is 9.86. The Kier molecular flexibility index (Phi) is 6.26. The van der Waals surface area contributed by atoms with E-state index in [1.54, 1.807) is 0 Å². The van der Waals surface area contributed by atoms with Crippen molar-refractivity contribution >= 4 is 5.91 Å². The van der Waals surface area contributed by atoms with Crippen molar-refractivity contribution in [2.75, 3.05) is 46.5 Å². The van der Waals surface area contributed by atoms with Crippen molar-refractivity contribution in [1.82, 2.24) is 9.80 Å². The molecule has 2 aliphatic rings. The van der Waals surface area contributed by atoms with Crippen molar-refractivity contribution in [3.8, 4) is 0 Å². The second kappa shape index (κ2) is 7.96. The molecule has 0 radical (unpaired) electrons. The number of aliphatic hydroxyl groups excluding tert-OH is 1. The summed E-state index contributed by atoms with van der Waals surface area (Å²) < 4.78 is 5.27. The monoisotopic (exact) mass is 284 g/mol. The second-order valence-electron chi connectivity index (χ2n) is 6.08. The standard InChI is InChI=1S/C15H28N2O3/c1-16(14-4-2-13(12-18)3-5-14)7-6-15(19)17-8-10-20-11-9-17/h13-14,18H,2-12H2,1H3. The number of amides is 1. The first-order valence-corrected chi connectivity index (χ1v) is 7.87. The third-order valence-corrected chi connectivity index (χ3v) is 4.74. The Morgan fingerprint density at radius 2 is 1.90 bits per heavy atom. The van der Waals surface area contributed by atoms with Gasteiger partial charge in [-0.05, 0) is 38.6 Å². The van der Waals surface area contributed by atoms with Gasteiger partial charge in [0.1, 0.15) is 0 Å². The Morgan fingerprint density at radius 3 is 2.50 bits per heavy atom. The normalized spacial score (nSPS) is 27.9. The third kappa shape index (κ3) is 4.43. The van der Waals surface area contributed by atoms with Gasteiger partial charge in [-0.1, -0.05) is 0 Å². The van der Waals surface area contributed by atoms with Crippen LogP contribution in [0.25, 0.3) is 0 Å². The number of carbonyl (C=O) groups is 1. The minimum atomic E-state index is 0.254. The Balaban J connectivity index is 1.66. The molecule has 1 aliphatic carbocycles. The summed E-state index contributed by atoms with van der Waals surface area (Å²) >= 11 is 0. The molecular formula is C15H28N2O3. The van der Waals surface area contributed by atoms with Gasteiger partial charge >= 0.3 is 0 Å². The summed E-state index contributed by atoms with van der Waals surface area (Å²) in [6.45, 7) is 3.99. The third-order valence-electron chi connectivity index (χ3n) is 4.74. The lowest BCUT2D eigenvalue weighted by Gasteiger charge is -2.34. The summed E-state index contributed by atoms with van der Waals surface area (Å²) in [6.07, 6.45) is 5.13. The first kappa shape index (κ1) is 15.7. The van der Waals surface area contributed by atoms with Crippen molar-refractivity contribution in [2.24, 2.45) is 5.92 Å². The highest BCUT2D eigenvalue weighted by Crippen LogP contribution is 2.26. The molecule has 0 unspecified atom stereocenters. The van der Waals surface area contributed by atoms with E-state index < -0.39 is 0 Å². The number of hydrogen-bond donors (Lipinski definition) is 1. The van der Waals surface area contributed by atoms with E-state index in [2.05, 4.69) is 11.9 Å². The Morgan fingerprint density at radius 1 is 1.25 bits per heavy atom. The minimum Gasteiger partial charge on any atom is -0.396 e. The van der Waals surface area contributed by atoms with Crippen LogP contribution in [0.2, 0.25) is 0 Å². The van der Waals surface area contributed by atoms with Gasteiger partial charge in [-0.25, -0.2) is 0 Å². The van der Waals surface area contributed by atoms with Crippen LogP contribution in [0.15, 0.2) is 0 Å². The van der Waals surface area contributed by atoms with E-state index in [4.69, 9.17) is 9.84 Å². The quantitative estimate of drug-likeness (QED) is 0.808. The molecule has 0 aromatic carbocycles. The van der Waals surface area contributed by atoms with Gasteiger partial charge in [-0.2, -0.15) is 0 Å². The van der Waals surface area contributed by atoms with E-state index >= 15 is 0 Å². The number of carbonyl (C=O) groups excluding carboxylic acids is 1. The number of morpholine rings is 1. The highest BCUT2D eigenvalue weighted by atomic mass is 16.5. The van der Waals surface area contributed by atoms with Gasteiger partial charge in [-0.15, -0.1) is 0 Å². The van der Waals surface area contributed by atoms with E-state index in [0.717, 1.165) is 45.3 Å². The van der Waals surface area contributed by atoms with E-state index in [-0.39, 0.29) is 5.91 Å². The van der Waals surface area contributed by atoms with Crippen LogP contribution in [0, 0.1) is 5.92 Å². The molecular weight excluding hydrogens is 256 g/mol. The summed E-state index contributed by atoms with van der Waals surface area (Å²) in [4.78, 5) is 16.3. The van der Waals surface area contributed by atoms with Gasteiger partial charge in [0.15, 0.2) is 0 Å². The molecule has 5 nitrogen and oxygen atoms in total. The highest BCUT2D eigenvalue weighted by Gasteiger charge is 2.24. The summed E-state index contributed by atoms with van der Waals surface area (Å²) in [5, 5.41) is 9.16. The average Bonchev–Trinajstić information content (AvgIpc) is 2.53. The second-order valence-corrected chi connectivity index (χ2v) is 6.08. The first-order chi connectivity index (χ1) is 9.70. The maximum Gasteiger partial charge on any atom is 0.224 e. The van der Waals surface area contributed by atoms with Crippen LogP contribution in [0.1, 0.15) is 32.1 Å². The largest absolute Gasteiger partial charge is 0.396 e. The zero-order valence-corrected chi connectivity index (χ0v) is 12.6. The van der Waals surface area contributed by atoms with Crippen molar-refractivity contribution in [2.45, 2.75) is 38.1 Å². The Labute approximate surface area is 121 Å². The van der Waals surface area contributed by atoms with Crippen LogP contribution in [0.3, 0.4) is 0 Å². The zero-order chi connectivity index (χ0) is 14.4. The fourth-order valence-corrected chi connectivity index (χ4v) is 3.19. The van der Waals surface area contributed by atoms with Gasteiger partial charge in [0, 0.05) is 38.7 Å². The van der Waals surface area contributed by atoms with Gasteiger partial charge in [0.25, 0.3) is 0 Å². The fraction of sp³-hybridized carbons (Fsp3) is 0.933. The van der Waals surface area contributed by atoms with Crippen LogP contribution in [-0.2, 0) is 9.53 Å². The van der Waals surface area contributed by atoms with Gasteiger partial charge in [0.2, 0.25) is 5.91 Å². The molecule has 1 amide bonds. The zero-order valence-electron chi connectivity index (χ0n) is 12.6. The molecule has 2 fully saturated rings. The predicted octanol–water partition coefficient (Wildman–Crippen LogP) is 0.718. The molecule has 0 spiro atoms. The molecule has 1 saturated carbocycles. The molecule has 0 aromatic rings. The van der Waals surface area contributed by atoms with Crippen LogP contribution in [0.5, 0.6) is 0 Å². The molecule has 2 rings (SSSR count). The van der Waals surface area contributed by atoms with Crippen LogP contribution in [-0.4, -0.2) is 73.4 Å². The topological polar surface area (TPSA) is 53.0 Å². The van der Waals surface area contributed by atoms with E-state index in [9.17, 15) is 4.79 Å². The summed E-state index contributed by atoms with van der Waals surface area (Å²) in [6, 6.07) is 0.579. The summed E-state index contributed by atoms with van der Waals surface area (Å²) in [5.74, 6) is 0.749. The number of nitrogens with zero attached hydrogens (tertiary/aromatic N) is 2. The molecule has 1 heterocycles. The molecule has 0 atom stereocenters. The molecule has 116 valence electrons. The lowest BCUT2D eigenvalue weighted by Crippen LogP contribution is -2.43. The van der Waals surface area contributed by atoms with Crippen LogP contribution in [0.4, 0.5) is 0 Å². The molecule has 0 bridgehead atoms. The van der Waals surface area contributed by atoms with Crippen LogP contribution >= 0.6 is 0 Å². The maximum atomic E-state index is 12.1. The van der Waals surface area contributed by atoms with Crippen molar-refractivity contribution in [3.63, 3.8) is 0 Å². The SMILES string of the molecule is CN(CCC(=O)N1CCOCC1)C1CCC(CO)CC1. The number of rotatable bonds is 5. The minimum absolute atomic E-state index is 0.254. The smallest absolute Gasteiger partial charge is 0.224 e. The summed E-state index contributed by atoms with van der Waals surface area (Å²) in [7, 11) is 2.12. The van der Waals surface area contributed by atoms with Crippen molar-refractivity contribution in [1.29, 1.82) is 0 Å². The highest BCUT2D eigenvalue weighted by molar-refractivity contribution is 5.76. The van der Waals surface area contributed by atoms with Crippen molar-refractivity contribution < 1.29 is 14.6 Å². The van der Waals surface area contributed by atoms with Gasteiger partial charge in [-0.3, -0.25) is 4.79 Å². The maximum absolute atomic E-state index is 12.1. The van der Waals surface area contributed by atoms with Gasteiger partial charge in [0.05, 0.1) is 13.2 Å². The molecule has 5 heteroatoms. The Bertz CT molecular complexity index is 297. The van der Waals surface area contributed by atoms with E-state index in [1.807, 2.05) is 4.90 Å². The molecule has 0 aromatic heterocycles. The summed E-state index contributed by atoms with van der Waals surface area (Å²) in [5.41, 5.74) is 0. The van der Waals surface area contributed by atoms with Crippen molar-refractivity contribution in [3.05, 3.63) is 0 Å². The lowest BCUT2D eigenvalue weighted by molar-refractivity contribution is -0.135. The predicted molar refractivity (Wildman–Crippen MR) is 77.5 cm³/mol. The molecule has 1 saturated heterocycles. The number of aliphatic hydroxyl groups is 1. The molecule has 1 aliphatic heterocycles. The van der Waals surface area contributed by atoms with E-state index in [1.165, 1.54) is 0 Å². The van der Waals surface area contributed by atoms with Crippen LogP contribution < -0.4 is 0 Å².